The quantitative estimate of drug-likeness (QED) is 0.872. The molecule has 0 bridgehead atoms. The Labute approximate surface area is 118 Å². The molecule has 2 unspecified atom stereocenters. The lowest BCUT2D eigenvalue weighted by molar-refractivity contribution is -0.124. The van der Waals surface area contributed by atoms with E-state index >= 15 is 0 Å². The summed E-state index contributed by atoms with van der Waals surface area (Å²) in [6.07, 6.45) is 0. The van der Waals surface area contributed by atoms with E-state index in [1.54, 1.807) is 26.0 Å². The van der Waals surface area contributed by atoms with E-state index in [-0.39, 0.29) is 30.8 Å². The summed E-state index contributed by atoms with van der Waals surface area (Å²) >= 11 is 0. The Morgan fingerprint density at radius 2 is 2.11 bits per heavy atom. The van der Waals surface area contributed by atoms with E-state index in [0.717, 1.165) is 0 Å². The molecule has 3 N–H and O–H groups in total. The van der Waals surface area contributed by atoms with Crippen LogP contribution in [0.1, 0.15) is 25.5 Å². The average molecular weight is 291 g/mol. The van der Waals surface area contributed by atoms with E-state index in [1.807, 2.05) is 0 Å². The van der Waals surface area contributed by atoms with E-state index in [0.29, 0.717) is 11.3 Å². The van der Waals surface area contributed by atoms with Gasteiger partial charge in [-0.15, -0.1) is 12.4 Å². The normalized spacial score (nSPS) is 13.1. The molecule has 0 fully saturated rings. The van der Waals surface area contributed by atoms with Crippen LogP contribution >= 0.6 is 12.4 Å². The van der Waals surface area contributed by atoms with Crippen LogP contribution in [0.4, 0.5) is 4.39 Å². The second kappa shape index (κ2) is 7.96. The lowest BCUT2D eigenvalue weighted by atomic mass is 10.0. The zero-order chi connectivity index (χ0) is 13.7. The van der Waals surface area contributed by atoms with Crippen molar-refractivity contribution in [2.75, 3.05) is 13.7 Å². The Balaban J connectivity index is 0.00000324. The molecule has 1 aromatic rings. The Kier molecular flexibility index (Phi) is 7.41. The maximum atomic E-state index is 13.8. The second-order valence-corrected chi connectivity index (χ2v) is 4.22. The molecule has 0 aliphatic rings. The van der Waals surface area contributed by atoms with Crippen LogP contribution < -0.4 is 15.8 Å². The summed E-state index contributed by atoms with van der Waals surface area (Å²) in [6, 6.07) is 4.09. The molecule has 1 aromatic carbocycles. The van der Waals surface area contributed by atoms with E-state index in [9.17, 15) is 9.18 Å². The van der Waals surface area contributed by atoms with Gasteiger partial charge in [-0.1, -0.05) is 13.0 Å². The highest BCUT2D eigenvalue weighted by Crippen LogP contribution is 2.27. The number of carbonyl (C=O) groups is 1. The monoisotopic (exact) mass is 290 g/mol. The fraction of sp³-hybridized carbons (Fsp3) is 0.462. The van der Waals surface area contributed by atoms with Crippen LogP contribution in [0.2, 0.25) is 0 Å². The van der Waals surface area contributed by atoms with Gasteiger partial charge in [-0.3, -0.25) is 4.79 Å². The maximum Gasteiger partial charge on any atom is 0.224 e. The second-order valence-electron chi connectivity index (χ2n) is 4.22. The van der Waals surface area contributed by atoms with Crippen LogP contribution in [0.15, 0.2) is 18.2 Å². The van der Waals surface area contributed by atoms with Crippen molar-refractivity contribution < 1.29 is 13.9 Å². The number of hydrogen-bond donors (Lipinski definition) is 2. The predicted molar refractivity (Wildman–Crippen MR) is 75.0 cm³/mol. The first-order chi connectivity index (χ1) is 8.51. The third kappa shape index (κ3) is 4.36. The molecule has 0 heterocycles. The number of nitrogens with two attached hydrogens (primary N) is 1. The van der Waals surface area contributed by atoms with Gasteiger partial charge < -0.3 is 15.8 Å². The standard InChI is InChI=1S/C13H19FN2O2.ClH/c1-8(7-15)13(17)16-9(2)12-10(14)5-4-6-11(12)18-3;/h4-6,8-9H,7,15H2,1-3H3,(H,16,17);1H. The zero-order valence-corrected chi connectivity index (χ0v) is 12.1. The number of hydrogen-bond acceptors (Lipinski definition) is 3. The summed E-state index contributed by atoms with van der Waals surface area (Å²) in [5.41, 5.74) is 5.76. The van der Waals surface area contributed by atoms with Gasteiger partial charge in [0.15, 0.2) is 0 Å². The van der Waals surface area contributed by atoms with Gasteiger partial charge in [0.05, 0.1) is 18.7 Å². The van der Waals surface area contributed by atoms with Crippen molar-refractivity contribution in [1.29, 1.82) is 0 Å². The smallest absolute Gasteiger partial charge is 0.224 e. The number of nitrogens with one attached hydrogen (secondary N) is 1. The van der Waals surface area contributed by atoms with Crippen LogP contribution in [0.3, 0.4) is 0 Å². The van der Waals surface area contributed by atoms with Crippen molar-refractivity contribution in [3.8, 4) is 5.75 Å². The molecule has 0 saturated heterocycles. The maximum absolute atomic E-state index is 13.8. The number of ether oxygens (including phenoxy) is 1. The van der Waals surface area contributed by atoms with E-state index in [4.69, 9.17) is 10.5 Å². The molecule has 0 saturated carbocycles. The van der Waals surface area contributed by atoms with Crippen molar-refractivity contribution >= 4 is 18.3 Å². The molecular formula is C13H20ClFN2O2. The summed E-state index contributed by atoms with van der Waals surface area (Å²) in [5.74, 6) is -0.480. The van der Waals surface area contributed by atoms with Crippen molar-refractivity contribution in [2.24, 2.45) is 11.7 Å². The predicted octanol–water partition coefficient (Wildman–Crippen LogP) is 2.03. The molecule has 19 heavy (non-hydrogen) atoms. The first-order valence-corrected chi connectivity index (χ1v) is 5.84. The van der Waals surface area contributed by atoms with Gasteiger partial charge in [-0.2, -0.15) is 0 Å². The third-order valence-corrected chi connectivity index (χ3v) is 2.83. The molecule has 4 nitrogen and oxygen atoms in total. The molecular weight excluding hydrogens is 271 g/mol. The van der Waals surface area contributed by atoms with Gasteiger partial charge in [-0.05, 0) is 19.1 Å². The van der Waals surface area contributed by atoms with Gasteiger partial charge in [0.1, 0.15) is 11.6 Å². The zero-order valence-electron chi connectivity index (χ0n) is 11.3. The van der Waals surface area contributed by atoms with Crippen LogP contribution in [0, 0.1) is 11.7 Å². The molecule has 1 amide bonds. The van der Waals surface area contributed by atoms with Crippen LogP contribution in [-0.2, 0) is 4.79 Å². The van der Waals surface area contributed by atoms with Gasteiger partial charge in [0.2, 0.25) is 5.91 Å². The Bertz CT molecular complexity index is 429. The average Bonchev–Trinajstić information content (AvgIpc) is 2.36. The molecule has 1 rings (SSSR count). The molecule has 0 radical (unpaired) electrons. The van der Waals surface area contributed by atoms with Gasteiger partial charge in [0, 0.05) is 12.5 Å². The summed E-state index contributed by atoms with van der Waals surface area (Å²) in [6.45, 7) is 3.69. The third-order valence-electron chi connectivity index (χ3n) is 2.83. The Morgan fingerprint density at radius 3 is 2.63 bits per heavy atom. The summed E-state index contributed by atoms with van der Waals surface area (Å²) in [5, 5.41) is 2.72. The molecule has 108 valence electrons. The molecule has 2 atom stereocenters. The van der Waals surface area contributed by atoms with Gasteiger partial charge in [-0.25, -0.2) is 4.39 Å². The summed E-state index contributed by atoms with van der Waals surface area (Å²) < 4.78 is 18.9. The highest BCUT2D eigenvalue weighted by molar-refractivity contribution is 5.85. The number of methoxy groups -OCH3 is 1. The number of rotatable bonds is 5. The van der Waals surface area contributed by atoms with Gasteiger partial charge in [0.25, 0.3) is 0 Å². The lowest BCUT2D eigenvalue weighted by Gasteiger charge is -2.19. The van der Waals surface area contributed by atoms with E-state index < -0.39 is 11.9 Å². The minimum Gasteiger partial charge on any atom is -0.496 e. The fourth-order valence-electron chi connectivity index (χ4n) is 1.65. The SMILES string of the molecule is COc1cccc(F)c1C(C)NC(=O)C(C)CN.Cl. The fourth-order valence-corrected chi connectivity index (χ4v) is 1.65. The Morgan fingerprint density at radius 1 is 1.47 bits per heavy atom. The molecule has 0 aromatic heterocycles. The summed E-state index contributed by atoms with van der Waals surface area (Å²) in [7, 11) is 1.47. The molecule has 0 aliphatic heterocycles. The van der Waals surface area contributed by atoms with Crippen molar-refractivity contribution in [3.63, 3.8) is 0 Å². The number of amides is 1. The molecule has 0 aliphatic carbocycles. The van der Waals surface area contributed by atoms with E-state index in [2.05, 4.69) is 5.32 Å². The van der Waals surface area contributed by atoms with Crippen molar-refractivity contribution in [2.45, 2.75) is 19.9 Å². The van der Waals surface area contributed by atoms with Crippen LogP contribution in [0.25, 0.3) is 0 Å². The molecule has 6 heteroatoms. The minimum atomic E-state index is -0.470. The number of benzene rings is 1. The van der Waals surface area contributed by atoms with Crippen molar-refractivity contribution in [1.82, 2.24) is 5.32 Å². The van der Waals surface area contributed by atoms with Crippen LogP contribution in [0.5, 0.6) is 5.75 Å². The first-order valence-electron chi connectivity index (χ1n) is 5.84. The highest BCUT2D eigenvalue weighted by Gasteiger charge is 2.20. The number of carbonyl (C=O) groups excluding carboxylic acids is 1. The van der Waals surface area contributed by atoms with Gasteiger partial charge >= 0.3 is 0 Å². The minimum absolute atomic E-state index is 0. The Hall–Kier alpha value is -1.33. The largest absolute Gasteiger partial charge is 0.496 e. The highest BCUT2D eigenvalue weighted by atomic mass is 35.5. The molecule has 0 spiro atoms. The lowest BCUT2D eigenvalue weighted by Crippen LogP contribution is -2.35. The first kappa shape index (κ1) is 17.7. The van der Waals surface area contributed by atoms with Crippen molar-refractivity contribution in [3.05, 3.63) is 29.6 Å². The van der Waals surface area contributed by atoms with E-state index in [1.165, 1.54) is 13.2 Å². The number of halogens is 2. The topological polar surface area (TPSA) is 64.3 Å². The van der Waals surface area contributed by atoms with Crippen LogP contribution in [-0.4, -0.2) is 19.6 Å². The summed E-state index contributed by atoms with van der Waals surface area (Å²) in [4.78, 5) is 11.7.